The van der Waals surface area contributed by atoms with E-state index in [0.29, 0.717) is 15.2 Å². The van der Waals surface area contributed by atoms with E-state index in [4.69, 9.17) is 5.26 Å². The van der Waals surface area contributed by atoms with Crippen LogP contribution in [-0.2, 0) is 17.1 Å². The third-order valence-electron chi connectivity index (χ3n) is 3.41. The maximum Gasteiger partial charge on any atom is 0.286 e. The monoisotopic (exact) mass is 413 g/mol. The summed E-state index contributed by atoms with van der Waals surface area (Å²) in [5.74, 6) is 0.290. The number of nitrogens with zero attached hydrogens (tertiary/aromatic N) is 3. The zero-order chi connectivity index (χ0) is 17.4. The number of aromatic nitrogens is 1. The second kappa shape index (κ2) is 6.59. The van der Waals surface area contributed by atoms with Crippen molar-refractivity contribution in [2.75, 3.05) is 0 Å². The molecule has 0 N–H and O–H groups in total. The largest absolute Gasteiger partial charge is 0.323 e. The molecule has 0 bridgehead atoms. The fraction of sp³-hybridized carbons (Fsp3) is 0.333. The van der Waals surface area contributed by atoms with Crippen LogP contribution in [0.1, 0.15) is 35.9 Å². The van der Waals surface area contributed by atoms with Gasteiger partial charge in [0.05, 0.1) is 5.56 Å². The highest BCUT2D eigenvalue weighted by molar-refractivity contribution is 9.10. The van der Waals surface area contributed by atoms with Gasteiger partial charge in [-0.15, -0.1) is 15.7 Å². The Kier molecular flexibility index (Phi) is 5.14. The molecule has 0 amide bonds. The van der Waals surface area contributed by atoms with E-state index in [-0.39, 0.29) is 10.5 Å². The second-order valence-electron chi connectivity index (χ2n) is 5.37. The van der Waals surface area contributed by atoms with E-state index in [1.807, 2.05) is 13.0 Å². The van der Waals surface area contributed by atoms with E-state index < -0.39 is 10.0 Å². The number of hydrogen-bond acceptors (Lipinski definition) is 4. The fourth-order valence-electron chi connectivity index (χ4n) is 2.12. The molecule has 1 heterocycles. The lowest BCUT2D eigenvalue weighted by Crippen LogP contribution is -2.15. The van der Waals surface area contributed by atoms with Crippen molar-refractivity contribution in [1.82, 2.24) is 4.57 Å². The Bertz CT molecular complexity index is 964. The Balaban J connectivity index is 2.71. The smallest absolute Gasteiger partial charge is 0.286 e. The third-order valence-corrected chi connectivity index (χ3v) is 6.86. The van der Waals surface area contributed by atoms with E-state index in [1.165, 1.54) is 23.5 Å². The SMILES string of the molecule is Cc1c(C(C)C)sc(=NS(=O)(=O)c2cc(Br)ccc2C#N)n1C. The van der Waals surface area contributed by atoms with Crippen LogP contribution in [0, 0.1) is 18.3 Å². The van der Waals surface area contributed by atoms with Gasteiger partial charge in [-0.2, -0.15) is 13.7 Å². The minimum absolute atomic E-state index is 0.0805. The molecule has 8 heteroatoms. The molecule has 1 aromatic heterocycles. The summed E-state index contributed by atoms with van der Waals surface area (Å²) in [6.45, 7) is 6.05. The number of halogens is 1. The first-order valence-electron chi connectivity index (χ1n) is 6.84. The van der Waals surface area contributed by atoms with Gasteiger partial charge >= 0.3 is 0 Å². The van der Waals surface area contributed by atoms with E-state index in [2.05, 4.69) is 34.2 Å². The molecule has 2 rings (SSSR count). The summed E-state index contributed by atoms with van der Waals surface area (Å²) in [7, 11) is -2.18. The Hall–Kier alpha value is -1.43. The lowest BCUT2D eigenvalue weighted by Gasteiger charge is -2.03. The molecule has 1 aromatic carbocycles. The molecule has 0 spiro atoms. The summed E-state index contributed by atoms with van der Waals surface area (Å²) in [4.78, 5) is 1.40. The predicted octanol–water partition coefficient (Wildman–Crippen LogP) is 3.44. The van der Waals surface area contributed by atoms with Crippen molar-refractivity contribution in [3.05, 3.63) is 43.6 Å². The van der Waals surface area contributed by atoms with E-state index in [0.717, 1.165) is 10.6 Å². The van der Waals surface area contributed by atoms with Crippen LogP contribution < -0.4 is 4.80 Å². The van der Waals surface area contributed by atoms with Gasteiger partial charge in [-0.1, -0.05) is 29.8 Å². The van der Waals surface area contributed by atoms with Gasteiger partial charge in [-0.3, -0.25) is 0 Å². The maximum atomic E-state index is 12.6. The lowest BCUT2D eigenvalue weighted by atomic mass is 10.1. The first-order chi connectivity index (χ1) is 10.7. The van der Waals surface area contributed by atoms with Crippen molar-refractivity contribution < 1.29 is 8.42 Å². The highest BCUT2D eigenvalue weighted by Crippen LogP contribution is 2.24. The molecule has 122 valence electrons. The molecule has 5 nitrogen and oxygen atoms in total. The Morgan fingerprint density at radius 3 is 2.57 bits per heavy atom. The molecule has 23 heavy (non-hydrogen) atoms. The molecule has 0 aliphatic heterocycles. The summed E-state index contributed by atoms with van der Waals surface area (Å²) >= 11 is 4.59. The van der Waals surface area contributed by atoms with E-state index in [9.17, 15) is 8.42 Å². The maximum absolute atomic E-state index is 12.6. The molecule has 0 radical (unpaired) electrons. The average molecular weight is 414 g/mol. The van der Waals surface area contributed by atoms with Gasteiger partial charge in [-0.05, 0) is 31.0 Å². The lowest BCUT2D eigenvalue weighted by molar-refractivity contribution is 0.595. The first kappa shape index (κ1) is 17.9. The minimum Gasteiger partial charge on any atom is -0.323 e. The standard InChI is InChI=1S/C15H16BrN3O2S2/c1-9(2)14-10(3)19(4)15(22-14)18-23(20,21)13-7-12(16)6-5-11(13)8-17/h5-7,9H,1-4H3. The number of hydrogen-bond donors (Lipinski definition) is 0. The van der Waals surface area contributed by atoms with Gasteiger partial charge in [0.1, 0.15) is 11.0 Å². The highest BCUT2D eigenvalue weighted by Gasteiger charge is 2.20. The number of sulfonamides is 1. The number of nitriles is 1. The van der Waals surface area contributed by atoms with E-state index in [1.54, 1.807) is 17.7 Å². The molecular weight excluding hydrogens is 398 g/mol. The van der Waals surface area contributed by atoms with E-state index >= 15 is 0 Å². The van der Waals surface area contributed by atoms with Crippen molar-refractivity contribution in [3.8, 4) is 6.07 Å². The second-order valence-corrected chi connectivity index (χ2v) is 8.86. The minimum atomic E-state index is -3.97. The first-order valence-corrected chi connectivity index (χ1v) is 9.89. The van der Waals surface area contributed by atoms with Gasteiger partial charge in [0.15, 0.2) is 0 Å². The highest BCUT2D eigenvalue weighted by atomic mass is 79.9. The van der Waals surface area contributed by atoms with Crippen molar-refractivity contribution in [2.24, 2.45) is 11.4 Å². The van der Waals surface area contributed by atoms with Crippen LogP contribution in [0.4, 0.5) is 0 Å². The molecule has 0 saturated carbocycles. The average Bonchev–Trinajstić information content (AvgIpc) is 2.75. The summed E-state index contributed by atoms with van der Waals surface area (Å²) in [5.41, 5.74) is 1.07. The number of thiazole rings is 1. The topological polar surface area (TPSA) is 75.2 Å². The molecule has 0 atom stereocenters. The van der Waals surface area contributed by atoms with Gasteiger partial charge < -0.3 is 4.57 Å². The van der Waals surface area contributed by atoms with Gasteiger partial charge in [0.2, 0.25) is 4.80 Å². The number of rotatable bonds is 3. The molecule has 2 aromatic rings. The summed E-state index contributed by atoms with van der Waals surface area (Å²) in [5, 5.41) is 9.14. The molecule has 0 saturated heterocycles. The molecule has 0 aliphatic rings. The Morgan fingerprint density at radius 1 is 1.39 bits per heavy atom. The summed E-state index contributed by atoms with van der Waals surface area (Å²) in [6, 6.07) is 6.40. The van der Waals surface area contributed by atoms with Gasteiger partial charge in [0.25, 0.3) is 10.0 Å². The predicted molar refractivity (Wildman–Crippen MR) is 93.7 cm³/mol. The van der Waals surface area contributed by atoms with Crippen LogP contribution in [0.15, 0.2) is 32.0 Å². The molecule has 0 aliphatic carbocycles. The summed E-state index contributed by atoms with van der Waals surface area (Å²) < 4.78 is 31.6. The van der Waals surface area contributed by atoms with Crippen LogP contribution >= 0.6 is 27.3 Å². The van der Waals surface area contributed by atoms with Crippen LogP contribution in [0.2, 0.25) is 0 Å². The van der Waals surface area contributed by atoms with Gasteiger partial charge in [0, 0.05) is 22.1 Å². The molecular formula is C15H16BrN3O2S2. The van der Waals surface area contributed by atoms with Crippen LogP contribution in [-0.4, -0.2) is 13.0 Å². The van der Waals surface area contributed by atoms with Crippen LogP contribution in [0.25, 0.3) is 0 Å². The van der Waals surface area contributed by atoms with Crippen molar-refractivity contribution >= 4 is 37.3 Å². The normalized spacial score (nSPS) is 12.7. The van der Waals surface area contributed by atoms with Gasteiger partial charge in [-0.25, -0.2) is 0 Å². The van der Waals surface area contributed by atoms with Crippen molar-refractivity contribution in [2.45, 2.75) is 31.6 Å². The third kappa shape index (κ3) is 3.57. The zero-order valence-electron chi connectivity index (χ0n) is 13.2. The zero-order valence-corrected chi connectivity index (χ0v) is 16.4. The van der Waals surface area contributed by atoms with Crippen molar-refractivity contribution in [3.63, 3.8) is 0 Å². The van der Waals surface area contributed by atoms with Crippen molar-refractivity contribution in [1.29, 1.82) is 5.26 Å². The summed E-state index contributed by atoms with van der Waals surface area (Å²) in [6.07, 6.45) is 0. The Morgan fingerprint density at radius 2 is 2.04 bits per heavy atom. The molecule has 0 unspecified atom stereocenters. The fourth-order valence-corrected chi connectivity index (χ4v) is 5.16. The van der Waals surface area contributed by atoms with Crippen LogP contribution in [0.3, 0.4) is 0 Å². The Labute approximate surface area is 148 Å². The number of benzene rings is 1. The van der Waals surface area contributed by atoms with Crippen LogP contribution in [0.5, 0.6) is 0 Å². The molecule has 0 fully saturated rings. The quantitative estimate of drug-likeness (QED) is 0.772.